The predicted octanol–water partition coefficient (Wildman–Crippen LogP) is 4.23. The second-order valence-electron chi connectivity index (χ2n) is 6.60. The summed E-state index contributed by atoms with van der Waals surface area (Å²) in [5.41, 5.74) is 3.07. The van der Waals surface area contributed by atoms with E-state index in [2.05, 4.69) is 15.3 Å². The number of carbonyl (C=O) groups is 1. The van der Waals surface area contributed by atoms with Crippen LogP contribution in [-0.2, 0) is 22.0 Å². The van der Waals surface area contributed by atoms with Gasteiger partial charge in [-0.15, -0.1) is 0 Å². The minimum atomic E-state index is -3.85. The molecule has 0 radical (unpaired) electrons. The number of benzene rings is 2. The van der Waals surface area contributed by atoms with Gasteiger partial charge in [-0.05, 0) is 36.6 Å². The number of aromatic nitrogens is 2. The number of hydrogen-bond donors (Lipinski definition) is 1. The zero-order valence-electron chi connectivity index (χ0n) is 16.0. The number of amides is 1. The summed E-state index contributed by atoms with van der Waals surface area (Å²) in [5.74, 6) is -0.871. The van der Waals surface area contributed by atoms with Crippen LogP contribution in [0.3, 0.4) is 0 Å². The van der Waals surface area contributed by atoms with Gasteiger partial charge >= 0.3 is 0 Å². The Morgan fingerprint density at radius 1 is 1.10 bits per heavy atom. The Labute approximate surface area is 174 Å². The molecule has 0 fully saturated rings. The van der Waals surface area contributed by atoms with E-state index in [9.17, 15) is 13.2 Å². The lowest BCUT2D eigenvalue weighted by molar-refractivity contribution is 0.102. The Balaban J connectivity index is 1.85. The van der Waals surface area contributed by atoms with Gasteiger partial charge in [0.2, 0.25) is 15.0 Å². The van der Waals surface area contributed by atoms with Crippen molar-refractivity contribution in [1.29, 1.82) is 0 Å². The Morgan fingerprint density at radius 3 is 2.48 bits per heavy atom. The van der Waals surface area contributed by atoms with Crippen LogP contribution in [0.25, 0.3) is 0 Å². The van der Waals surface area contributed by atoms with Crippen LogP contribution in [-0.4, -0.2) is 24.3 Å². The van der Waals surface area contributed by atoms with Crippen molar-refractivity contribution < 1.29 is 13.2 Å². The molecule has 2 aromatic carbocycles. The van der Waals surface area contributed by atoms with E-state index in [0.717, 1.165) is 23.7 Å². The van der Waals surface area contributed by atoms with Gasteiger partial charge in [-0.3, -0.25) is 4.79 Å². The molecule has 0 aliphatic heterocycles. The van der Waals surface area contributed by atoms with Gasteiger partial charge in [0.15, 0.2) is 5.69 Å². The second-order valence-corrected chi connectivity index (χ2v) is 8.89. The van der Waals surface area contributed by atoms with E-state index >= 15 is 0 Å². The minimum absolute atomic E-state index is 0.0258. The maximum Gasteiger partial charge on any atom is 0.275 e. The number of aryl methyl sites for hydroxylation is 2. The Bertz CT molecular complexity index is 1150. The molecule has 0 bridgehead atoms. The molecule has 0 spiro atoms. The number of carbonyl (C=O) groups excluding carboxylic acids is 1. The van der Waals surface area contributed by atoms with Gasteiger partial charge in [0.05, 0.1) is 17.0 Å². The monoisotopic (exact) mass is 429 g/mol. The van der Waals surface area contributed by atoms with Crippen molar-refractivity contribution in [3.05, 3.63) is 82.1 Å². The van der Waals surface area contributed by atoms with Crippen LogP contribution in [0.5, 0.6) is 0 Å². The molecule has 150 valence electrons. The van der Waals surface area contributed by atoms with Crippen molar-refractivity contribution in [2.75, 3.05) is 5.32 Å². The Hall–Kier alpha value is -2.77. The summed E-state index contributed by atoms with van der Waals surface area (Å²) in [6, 6.07) is 14.5. The quantitative estimate of drug-likeness (QED) is 0.592. The molecule has 0 aliphatic carbocycles. The van der Waals surface area contributed by atoms with E-state index in [1.807, 2.05) is 32.0 Å². The molecule has 8 heteroatoms. The third-order valence-electron chi connectivity index (χ3n) is 4.27. The molecule has 0 aliphatic rings. The number of nitrogens with one attached hydrogen (secondary N) is 1. The smallest absolute Gasteiger partial charge is 0.275 e. The first-order valence-corrected chi connectivity index (χ1v) is 11.0. The highest BCUT2D eigenvalue weighted by Gasteiger charge is 2.23. The lowest BCUT2D eigenvalue weighted by Crippen LogP contribution is -2.18. The molecule has 1 heterocycles. The SMILES string of the molecule is CCc1ccc(NC(=O)c2nc(S(=O)(=O)Cc3cccc(C)c3)ncc2Cl)cc1. The van der Waals surface area contributed by atoms with Gasteiger partial charge in [-0.1, -0.05) is 60.5 Å². The van der Waals surface area contributed by atoms with E-state index in [-0.39, 0.29) is 16.5 Å². The number of hydrogen-bond acceptors (Lipinski definition) is 5. The summed E-state index contributed by atoms with van der Waals surface area (Å²) in [6.45, 7) is 3.91. The third-order valence-corrected chi connectivity index (χ3v) is 6.02. The highest BCUT2D eigenvalue weighted by molar-refractivity contribution is 7.90. The molecule has 1 N–H and O–H groups in total. The maximum absolute atomic E-state index is 12.7. The van der Waals surface area contributed by atoms with Gasteiger partial charge in [0, 0.05) is 5.69 Å². The van der Waals surface area contributed by atoms with Crippen molar-refractivity contribution in [2.24, 2.45) is 0 Å². The molecule has 3 rings (SSSR count). The summed E-state index contributed by atoms with van der Waals surface area (Å²) < 4.78 is 25.5. The fourth-order valence-corrected chi connectivity index (χ4v) is 4.13. The summed E-state index contributed by atoms with van der Waals surface area (Å²) in [4.78, 5) is 20.4. The molecule has 6 nitrogen and oxygen atoms in total. The largest absolute Gasteiger partial charge is 0.321 e. The molecule has 0 atom stereocenters. The second kappa shape index (κ2) is 8.71. The van der Waals surface area contributed by atoms with Crippen LogP contribution >= 0.6 is 11.6 Å². The summed E-state index contributed by atoms with van der Waals surface area (Å²) in [6.07, 6.45) is 2.01. The van der Waals surface area contributed by atoms with Crippen molar-refractivity contribution in [2.45, 2.75) is 31.2 Å². The van der Waals surface area contributed by atoms with E-state index in [1.54, 1.807) is 30.3 Å². The molecule has 1 aromatic heterocycles. The highest BCUT2D eigenvalue weighted by atomic mass is 35.5. The Kier molecular flexibility index (Phi) is 6.30. The molecule has 1 amide bonds. The standard InChI is InChI=1S/C21H20ClN3O3S/c1-3-15-7-9-17(10-8-15)24-20(26)19-18(22)12-23-21(25-19)29(27,28)13-16-6-4-5-14(2)11-16/h4-12H,3,13H2,1-2H3,(H,24,26). The van der Waals surface area contributed by atoms with Crippen molar-refractivity contribution in [3.63, 3.8) is 0 Å². The normalized spacial score (nSPS) is 11.3. The fourth-order valence-electron chi connectivity index (χ4n) is 2.76. The van der Waals surface area contributed by atoms with Crippen LogP contribution < -0.4 is 5.32 Å². The first-order chi connectivity index (χ1) is 13.8. The first-order valence-electron chi connectivity index (χ1n) is 8.99. The van der Waals surface area contributed by atoms with Crippen LogP contribution in [0.15, 0.2) is 59.9 Å². The van der Waals surface area contributed by atoms with E-state index in [4.69, 9.17) is 11.6 Å². The molecule has 29 heavy (non-hydrogen) atoms. The number of sulfone groups is 1. The first kappa shape index (κ1) is 21.0. The zero-order chi connectivity index (χ0) is 21.0. The molecule has 0 unspecified atom stereocenters. The molecule has 0 saturated heterocycles. The maximum atomic E-state index is 12.7. The lowest BCUT2D eigenvalue weighted by atomic mass is 10.1. The minimum Gasteiger partial charge on any atom is -0.321 e. The van der Waals surface area contributed by atoms with Gasteiger partial charge in [0.25, 0.3) is 5.91 Å². The lowest BCUT2D eigenvalue weighted by Gasteiger charge is -2.09. The average molecular weight is 430 g/mol. The van der Waals surface area contributed by atoms with Gasteiger partial charge in [-0.2, -0.15) is 0 Å². The van der Waals surface area contributed by atoms with E-state index in [0.29, 0.717) is 11.3 Å². The summed E-state index contributed by atoms with van der Waals surface area (Å²) in [5, 5.41) is 2.22. The molecule has 3 aromatic rings. The molecular formula is C21H20ClN3O3S. The highest BCUT2D eigenvalue weighted by Crippen LogP contribution is 2.20. The average Bonchev–Trinajstić information content (AvgIpc) is 2.68. The number of halogens is 1. The topological polar surface area (TPSA) is 89.0 Å². The number of nitrogens with zero attached hydrogens (tertiary/aromatic N) is 2. The van der Waals surface area contributed by atoms with Gasteiger partial charge in [-0.25, -0.2) is 18.4 Å². The third kappa shape index (κ3) is 5.19. The number of anilines is 1. The Morgan fingerprint density at radius 2 is 1.83 bits per heavy atom. The van der Waals surface area contributed by atoms with Crippen LogP contribution in [0.4, 0.5) is 5.69 Å². The van der Waals surface area contributed by atoms with Crippen LogP contribution in [0.1, 0.15) is 34.1 Å². The van der Waals surface area contributed by atoms with Gasteiger partial charge in [0.1, 0.15) is 0 Å². The zero-order valence-corrected chi connectivity index (χ0v) is 17.6. The van der Waals surface area contributed by atoms with E-state index in [1.165, 1.54) is 0 Å². The predicted molar refractivity (Wildman–Crippen MR) is 113 cm³/mol. The van der Waals surface area contributed by atoms with Crippen molar-refractivity contribution >= 4 is 33.0 Å². The van der Waals surface area contributed by atoms with Crippen molar-refractivity contribution in [1.82, 2.24) is 9.97 Å². The van der Waals surface area contributed by atoms with E-state index < -0.39 is 20.9 Å². The summed E-state index contributed by atoms with van der Waals surface area (Å²) in [7, 11) is -3.85. The van der Waals surface area contributed by atoms with Crippen molar-refractivity contribution in [3.8, 4) is 0 Å². The summed E-state index contributed by atoms with van der Waals surface area (Å²) >= 11 is 6.06. The number of rotatable bonds is 6. The fraction of sp³-hybridized carbons (Fsp3) is 0.190. The van der Waals surface area contributed by atoms with Crippen LogP contribution in [0.2, 0.25) is 5.02 Å². The van der Waals surface area contributed by atoms with Crippen LogP contribution in [0, 0.1) is 6.92 Å². The van der Waals surface area contributed by atoms with Gasteiger partial charge < -0.3 is 5.32 Å². The molecular weight excluding hydrogens is 410 g/mol. The molecule has 0 saturated carbocycles.